The average molecular weight is 358 g/mol. The summed E-state index contributed by atoms with van der Waals surface area (Å²) in [7, 11) is 0. The second-order valence-electron chi connectivity index (χ2n) is 7.04. The highest BCUT2D eigenvalue weighted by atomic mass is 15.4. The van der Waals surface area contributed by atoms with Gasteiger partial charge in [0.1, 0.15) is 5.52 Å². The first-order valence-corrected chi connectivity index (χ1v) is 9.05. The summed E-state index contributed by atoms with van der Waals surface area (Å²) in [6, 6.07) is 14.5. The van der Waals surface area contributed by atoms with Crippen molar-refractivity contribution >= 4 is 33.7 Å². The van der Waals surface area contributed by atoms with Crippen LogP contribution >= 0.6 is 0 Å². The Morgan fingerprint density at radius 1 is 1.07 bits per heavy atom. The van der Waals surface area contributed by atoms with Gasteiger partial charge in [-0.3, -0.25) is 0 Å². The average Bonchev–Trinajstić information content (AvgIpc) is 3.05. The molecule has 2 aromatic heterocycles. The monoisotopic (exact) mass is 358 g/mol. The fourth-order valence-electron chi connectivity index (χ4n) is 3.10. The van der Waals surface area contributed by atoms with Gasteiger partial charge in [0, 0.05) is 5.39 Å². The number of anilines is 1. The van der Waals surface area contributed by atoms with Crippen LogP contribution in [0.25, 0.3) is 22.1 Å². The van der Waals surface area contributed by atoms with Crippen molar-refractivity contribution in [1.29, 1.82) is 0 Å². The molecule has 2 N–H and O–H groups in total. The molecule has 0 spiro atoms. The minimum absolute atomic E-state index is 0.366. The smallest absolute Gasteiger partial charge is 0.265 e. The van der Waals surface area contributed by atoms with E-state index in [9.17, 15) is 0 Å². The van der Waals surface area contributed by atoms with Crippen LogP contribution in [0.3, 0.4) is 0 Å². The summed E-state index contributed by atoms with van der Waals surface area (Å²) < 4.78 is 0. The van der Waals surface area contributed by atoms with Gasteiger partial charge < -0.3 is 4.98 Å². The van der Waals surface area contributed by atoms with Crippen molar-refractivity contribution in [1.82, 2.24) is 20.2 Å². The van der Waals surface area contributed by atoms with Gasteiger partial charge in [0.05, 0.1) is 11.2 Å². The molecule has 0 bridgehead atoms. The van der Waals surface area contributed by atoms with E-state index in [0.717, 1.165) is 33.3 Å². The zero-order chi connectivity index (χ0) is 19.0. The lowest BCUT2D eigenvalue weighted by molar-refractivity contribution is 0.866. The predicted octanol–water partition coefficient (Wildman–Crippen LogP) is 4.77. The van der Waals surface area contributed by atoms with Crippen LogP contribution < -0.4 is 5.43 Å². The maximum Gasteiger partial charge on any atom is 0.265 e. The van der Waals surface area contributed by atoms with E-state index in [1.54, 1.807) is 0 Å². The van der Waals surface area contributed by atoms with Crippen molar-refractivity contribution in [3.05, 3.63) is 59.2 Å². The Kier molecular flexibility index (Phi) is 4.32. The number of H-pyrrole nitrogens is 1. The third-order valence-electron chi connectivity index (χ3n) is 4.78. The molecule has 0 radical (unpaired) electrons. The fraction of sp³-hybridized carbons (Fsp3) is 0.238. The van der Waals surface area contributed by atoms with Crippen molar-refractivity contribution < 1.29 is 0 Å². The number of aryl methyl sites for hydroxylation is 1. The normalized spacial score (nSPS) is 12.3. The van der Waals surface area contributed by atoms with Crippen molar-refractivity contribution in [2.45, 2.75) is 33.6 Å². The van der Waals surface area contributed by atoms with Crippen LogP contribution in [0, 0.1) is 6.92 Å². The summed E-state index contributed by atoms with van der Waals surface area (Å²) in [6.07, 6.45) is 0. The summed E-state index contributed by atoms with van der Waals surface area (Å²) in [5, 5.41) is 13.9. The van der Waals surface area contributed by atoms with Gasteiger partial charge >= 0.3 is 0 Å². The topological polar surface area (TPSA) is 78.8 Å². The third kappa shape index (κ3) is 3.26. The van der Waals surface area contributed by atoms with Crippen LogP contribution in [-0.2, 0) is 0 Å². The largest absolute Gasteiger partial charge is 0.337 e. The molecule has 0 aliphatic carbocycles. The number of hydrogen-bond acceptors (Lipinski definition) is 5. The van der Waals surface area contributed by atoms with Crippen molar-refractivity contribution in [3.8, 4) is 0 Å². The number of rotatable bonds is 4. The van der Waals surface area contributed by atoms with E-state index in [-0.39, 0.29) is 0 Å². The molecule has 0 saturated carbocycles. The van der Waals surface area contributed by atoms with Crippen LogP contribution in [-0.4, -0.2) is 25.9 Å². The molecule has 0 unspecified atom stereocenters. The SMILES string of the molecule is C/C(=N\Nc1nnc2c(n1)[nH]c1c(C)cccc12)c1ccc(C(C)C)cc1. The Labute approximate surface area is 157 Å². The van der Waals surface area contributed by atoms with Crippen molar-refractivity contribution in [2.24, 2.45) is 5.10 Å². The molecule has 0 aliphatic heterocycles. The molecule has 6 nitrogen and oxygen atoms in total. The summed E-state index contributed by atoms with van der Waals surface area (Å²) in [4.78, 5) is 7.83. The molecule has 0 aliphatic rings. The minimum atomic E-state index is 0.366. The number of nitrogens with zero attached hydrogens (tertiary/aromatic N) is 4. The zero-order valence-corrected chi connectivity index (χ0v) is 15.9. The standard InChI is InChI=1S/C21H22N6/c1-12(2)15-8-10-16(11-9-15)14(4)24-26-21-23-20-19(25-27-21)17-7-5-6-13(3)18(17)22-20/h5-12H,1-4H3,(H2,22,23,26,27)/b24-14+. The molecule has 2 aromatic carbocycles. The molecule has 0 atom stereocenters. The number of aromatic amines is 1. The van der Waals surface area contributed by atoms with Crippen LogP contribution in [0.5, 0.6) is 0 Å². The molecular weight excluding hydrogens is 336 g/mol. The lowest BCUT2D eigenvalue weighted by atomic mass is 10.0. The quantitative estimate of drug-likeness (QED) is 0.407. The van der Waals surface area contributed by atoms with Crippen LogP contribution in [0.15, 0.2) is 47.6 Å². The van der Waals surface area contributed by atoms with E-state index in [1.807, 2.05) is 19.1 Å². The minimum Gasteiger partial charge on any atom is -0.337 e. The molecule has 27 heavy (non-hydrogen) atoms. The highest BCUT2D eigenvalue weighted by Gasteiger charge is 2.10. The second kappa shape index (κ2) is 6.79. The zero-order valence-electron chi connectivity index (χ0n) is 15.9. The number of para-hydroxylation sites is 1. The van der Waals surface area contributed by atoms with Crippen molar-refractivity contribution in [2.75, 3.05) is 5.43 Å². The Morgan fingerprint density at radius 3 is 2.59 bits per heavy atom. The molecule has 4 aromatic rings. The number of hydrogen-bond donors (Lipinski definition) is 2. The fourth-order valence-corrected chi connectivity index (χ4v) is 3.10. The van der Waals surface area contributed by atoms with Gasteiger partial charge in [0.2, 0.25) is 0 Å². The van der Waals surface area contributed by atoms with Gasteiger partial charge in [0.25, 0.3) is 5.95 Å². The van der Waals surface area contributed by atoms with Crippen LogP contribution in [0.1, 0.15) is 43.4 Å². The number of aromatic nitrogens is 4. The molecule has 0 fully saturated rings. The van der Waals surface area contributed by atoms with E-state index >= 15 is 0 Å². The van der Waals surface area contributed by atoms with Gasteiger partial charge in [-0.1, -0.05) is 56.3 Å². The number of fused-ring (bicyclic) bond motifs is 3. The molecule has 0 amide bonds. The van der Waals surface area contributed by atoms with Gasteiger partial charge in [-0.15, -0.1) is 10.2 Å². The van der Waals surface area contributed by atoms with E-state index in [4.69, 9.17) is 0 Å². The summed E-state index contributed by atoms with van der Waals surface area (Å²) in [5.41, 5.74) is 9.81. The van der Waals surface area contributed by atoms with Gasteiger partial charge in [-0.05, 0) is 36.5 Å². The number of hydrazone groups is 1. The van der Waals surface area contributed by atoms with E-state index < -0.39 is 0 Å². The lowest BCUT2D eigenvalue weighted by Crippen LogP contribution is -2.03. The summed E-state index contributed by atoms with van der Waals surface area (Å²) in [6.45, 7) is 8.38. The second-order valence-corrected chi connectivity index (χ2v) is 7.04. The number of benzene rings is 2. The molecule has 0 saturated heterocycles. The first kappa shape index (κ1) is 17.1. The third-order valence-corrected chi connectivity index (χ3v) is 4.78. The van der Waals surface area contributed by atoms with Crippen LogP contribution in [0.4, 0.5) is 5.95 Å². The van der Waals surface area contributed by atoms with Gasteiger partial charge in [-0.2, -0.15) is 10.1 Å². The van der Waals surface area contributed by atoms with Crippen molar-refractivity contribution in [3.63, 3.8) is 0 Å². The molecule has 2 heterocycles. The van der Waals surface area contributed by atoms with E-state index in [0.29, 0.717) is 17.5 Å². The maximum absolute atomic E-state index is 4.51. The number of nitrogens with one attached hydrogen (secondary N) is 2. The Balaban J connectivity index is 1.60. The molecule has 136 valence electrons. The Bertz CT molecular complexity index is 1140. The maximum atomic E-state index is 4.51. The molecule has 4 rings (SSSR count). The Morgan fingerprint density at radius 2 is 1.85 bits per heavy atom. The predicted molar refractivity (Wildman–Crippen MR) is 110 cm³/mol. The van der Waals surface area contributed by atoms with E-state index in [2.05, 4.69) is 81.8 Å². The van der Waals surface area contributed by atoms with Crippen LogP contribution in [0.2, 0.25) is 0 Å². The highest BCUT2D eigenvalue weighted by Crippen LogP contribution is 2.24. The molecule has 6 heteroatoms. The summed E-state index contributed by atoms with van der Waals surface area (Å²) in [5.74, 6) is 0.880. The lowest BCUT2D eigenvalue weighted by Gasteiger charge is -2.07. The first-order valence-electron chi connectivity index (χ1n) is 9.05. The van der Waals surface area contributed by atoms with Gasteiger partial charge in [-0.25, -0.2) is 5.43 Å². The first-order chi connectivity index (χ1) is 13.0. The summed E-state index contributed by atoms with van der Waals surface area (Å²) >= 11 is 0. The van der Waals surface area contributed by atoms with E-state index in [1.165, 1.54) is 5.56 Å². The highest BCUT2D eigenvalue weighted by molar-refractivity contribution is 6.04. The molecular formula is C21H22N6. The Hall–Kier alpha value is -3.28. The van der Waals surface area contributed by atoms with Gasteiger partial charge in [0.15, 0.2) is 5.65 Å².